The van der Waals surface area contributed by atoms with Gasteiger partial charge in [0.05, 0.1) is 36.5 Å². The topological polar surface area (TPSA) is 126 Å². The summed E-state index contributed by atoms with van der Waals surface area (Å²) in [6, 6.07) is 5.37. The first kappa shape index (κ1) is 23.5. The third-order valence-corrected chi connectivity index (χ3v) is 7.13. The van der Waals surface area contributed by atoms with E-state index in [4.69, 9.17) is 9.72 Å². The second kappa shape index (κ2) is 9.06. The summed E-state index contributed by atoms with van der Waals surface area (Å²) in [6.07, 6.45) is 3.44. The number of H-pyrrole nitrogens is 1. The molecule has 0 radical (unpaired) electrons. The van der Waals surface area contributed by atoms with Gasteiger partial charge in [0.2, 0.25) is 0 Å². The molecule has 1 aliphatic heterocycles. The molecule has 35 heavy (non-hydrogen) atoms. The van der Waals surface area contributed by atoms with Crippen LogP contribution in [0.2, 0.25) is 0 Å². The molecular weight excluding hydrogens is 448 g/mol. The zero-order chi connectivity index (χ0) is 24.7. The van der Waals surface area contributed by atoms with Gasteiger partial charge >= 0.3 is 5.69 Å². The van der Waals surface area contributed by atoms with E-state index in [0.29, 0.717) is 49.8 Å². The maximum Gasteiger partial charge on any atom is 0.333 e. The molecule has 5 rings (SSSR count). The molecule has 11 nitrogen and oxygen atoms in total. The molecule has 11 heteroatoms. The van der Waals surface area contributed by atoms with Crippen molar-refractivity contribution in [3.63, 3.8) is 0 Å². The van der Waals surface area contributed by atoms with Crippen LogP contribution in [0.4, 0.5) is 5.82 Å². The SMILES string of the molecule is COCCn1ncc2cc(-n3c(=O)[nH]c4ncccc43)nc(N3CCN[C@H]([C@](C)(O)C(C)C)C3)c21. The van der Waals surface area contributed by atoms with E-state index in [-0.39, 0.29) is 17.6 Å². The maximum absolute atomic E-state index is 12.9. The molecule has 186 valence electrons. The van der Waals surface area contributed by atoms with Crippen molar-refractivity contribution in [3.05, 3.63) is 41.1 Å². The molecule has 0 spiro atoms. The number of fused-ring (bicyclic) bond motifs is 2. The van der Waals surface area contributed by atoms with Crippen LogP contribution in [-0.4, -0.2) is 79.4 Å². The normalized spacial score (nSPS) is 18.6. The van der Waals surface area contributed by atoms with Gasteiger partial charge in [-0.25, -0.2) is 19.3 Å². The lowest BCUT2D eigenvalue weighted by Gasteiger charge is -2.43. The van der Waals surface area contributed by atoms with Crippen molar-refractivity contribution in [1.82, 2.24) is 34.6 Å². The molecule has 5 heterocycles. The lowest BCUT2D eigenvalue weighted by molar-refractivity contribution is -0.0231. The number of imidazole rings is 1. The highest BCUT2D eigenvalue weighted by atomic mass is 16.5. The molecule has 0 amide bonds. The van der Waals surface area contributed by atoms with E-state index in [1.807, 2.05) is 37.6 Å². The third kappa shape index (κ3) is 4.09. The highest BCUT2D eigenvalue weighted by Gasteiger charge is 2.38. The first-order valence-electron chi connectivity index (χ1n) is 11.9. The fourth-order valence-corrected chi connectivity index (χ4v) is 4.67. The number of nitrogens with zero attached hydrogens (tertiary/aromatic N) is 6. The lowest BCUT2D eigenvalue weighted by atomic mass is 9.84. The quantitative estimate of drug-likeness (QED) is 0.361. The van der Waals surface area contributed by atoms with Crippen LogP contribution in [0.3, 0.4) is 0 Å². The van der Waals surface area contributed by atoms with Gasteiger partial charge < -0.3 is 20.1 Å². The summed E-state index contributed by atoms with van der Waals surface area (Å²) in [6.45, 7) is 8.97. The highest BCUT2D eigenvalue weighted by molar-refractivity contribution is 5.91. The second-order valence-corrected chi connectivity index (χ2v) is 9.57. The number of hydrogen-bond donors (Lipinski definition) is 3. The van der Waals surface area contributed by atoms with Gasteiger partial charge in [0.25, 0.3) is 0 Å². The highest BCUT2D eigenvalue weighted by Crippen LogP contribution is 2.31. The van der Waals surface area contributed by atoms with Crippen LogP contribution in [-0.2, 0) is 11.3 Å². The molecule has 0 saturated carbocycles. The number of hydrogen-bond acceptors (Lipinski definition) is 8. The average Bonchev–Trinajstić information content (AvgIpc) is 3.41. The minimum Gasteiger partial charge on any atom is -0.388 e. The van der Waals surface area contributed by atoms with Crippen molar-refractivity contribution in [1.29, 1.82) is 0 Å². The summed E-state index contributed by atoms with van der Waals surface area (Å²) in [5.74, 6) is 1.29. The average molecular weight is 481 g/mol. The summed E-state index contributed by atoms with van der Waals surface area (Å²) >= 11 is 0. The van der Waals surface area contributed by atoms with Crippen LogP contribution in [0.25, 0.3) is 27.9 Å². The number of piperazine rings is 1. The Hall–Kier alpha value is -3.28. The van der Waals surface area contributed by atoms with Crippen molar-refractivity contribution < 1.29 is 9.84 Å². The monoisotopic (exact) mass is 480 g/mol. The zero-order valence-corrected chi connectivity index (χ0v) is 20.5. The number of nitrogens with one attached hydrogen (secondary N) is 2. The molecule has 0 aromatic carbocycles. The molecule has 3 N–H and O–H groups in total. The smallest absolute Gasteiger partial charge is 0.333 e. The molecule has 0 bridgehead atoms. The van der Waals surface area contributed by atoms with Crippen molar-refractivity contribution >= 4 is 27.9 Å². The Balaban J connectivity index is 1.67. The van der Waals surface area contributed by atoms with Crippen LogP contribution >= 0.6 is 0 Å². The molecule has 1 aliphatic rings. The van der Waals surface area contributed by atoms with Gasteiger partial charge in [-0.2, -0.15) is 5.10 Å². The molecule has 0 unspecified atom stereocenters. The van der Waals surface area contributed by atoms with Crippen LogP contribution in [0, 0.1) is 5.92 Å². The third-order valence-electron chi connectivity index (χ3n) is 7.13. The second-order valence-electron chi connectivity index (χ2n) is 9.57. The molecule has 4 aromatic heterocycles. The van der Waals surface area contributed by atoms with E-state index in [2.05, 4.69) is 25.3 Å². The Morgan fingerprint density at radius 3 is 2.97 bits per heavy atom. The van der Waals surface area contributed by atoms with Crippen LogP contribution in [0.15, 0.2) is 35.4 Å². The predicted octanol–water partition coefficient (Wildman–Crippen LogP) is 1.29. The summed E-state index contributed by atoms with van der Waals surface area (Å²) in [7, 11) is 1.66. The molecule has 1 fully saturated rings. The van der Waals surface area contributed by atoms with Crippen LogP contribution < -0.4 is 15.9 Å². The predicted molar refractivity (Wildman–Crippen MR) is 134 cm³/mol. The van der Waals surface area contributed by atoms with Crippen molar-refractivity contribution in [2.45, 2.75) is 39.0 Å². The Bertz CT molecular complexity index is 1400. The van der Waals surface area contributed by atoms with Gasteiger partial charge in [-0.05, 0) is 31.0 Å². The summed E-state index contributed by atoms with van der Waals surface area (Å²) in [4.78, 5) is 27.2. The molecule has 4 aromatic rings. The molecule has 0 aliphatic carbocycles. The van der Waals surface area contributed by atoms with Crippen LogP contribution in [0.1, 0.15) is 20.8 Å². The Morgan fingerprint density at radius 1 is 1.37 bits per heavy atom. The summed E-state index contributed by atoms with van der Waals surface area (Å²) in [5.41, 5.74) is 0.839. The number of methoxy groups -OCH3 is 1. The first-order valence-corrected chi connectivity index (χ1v) is 11.9. The number of anilines is 1. The number of rotatable bonds is 7. The first-order chi connectivity index (χ1) is 16.8. The Labute approximate surface area is 202 Å². The Kier molecular flexibility index (Phi) is 6.07. The fourth-order valence-electron chi connectivity index (χ4n) is 4.67. The van der Waals surface area contributed by atoms with E-state index < -0.39 is 5.60 Å². The van der Waals surface area contributed by atoms with Gasteiger partial charge in [-0.3, -0.25) is 9.67 Å². The van der Waals surface area contributed by atoms with Gasteiger partial charge in [0, 0.05) is 38.3 Å². The summed E-state index contributed by atoms with van der Waals surface area (Å²) in [5, 5.41) is 20.1. The number of pyridine rings is 2. The fraction of sp³-hybridized carbons (Fsp3) is 0.500. The number of aliphatic hydroxyl groups is 1. The standard InChI is InChI=1S/C24H32N8O3/c1-15(2)24(3,34)18-14-30(9-8-25-18)22-20-16(13-27-31(20)10-11-35-4)12-19(28-22)32-17-6-5-7-26-21(17)29-23(32)33/h5-7,12-13,15,18,25,34H,8-11,14H2,1-4H3,(H,26,29,33)/t18-,24+/m0/s1. The van der Waals surface area contributed by atoms with Crippen LogP contribution in [0.5, 0.6) is 0 Å². The van der Waals surface area contributed by atoms with E-state index in [1.165, 1.54) is 0 Å². The lowest BCUT2D eigenvalue weighted by Crippen LogP contribution is -2.62. The van der Waals surface area contributed by atoms with E-state index in [9.17, 15) is 9.90 Å². The van der Waals surface area contributed by atoms with Gasteiger partial charge in [-0.15, -0.1) is 0 Å². The van der Waals surface area contributed by atoms with E-state index >= 15 is 0 Å². The van der Waals surface area contributed by atoms with Gasteiger partial charge in [0.15, 0.2) is 11.5 Å². The van der Waals surface area contributed by atoms with Crippen molar-refractivity contribution in [3.8, 4) is 5.82 Å². The zero-order valence-electron chi connectivity index (χ0n) is 20.5. The minimum atomic E-state index is -0.898. The van der Waals surface area contributed by atoms with Gasteiger partial charge in [-0.1, -0.05) is 13.8 Å². The Morgan fingerprint density at radius 2 is 2.20 bits per heavy atom. The molecule has 2 atom stereocenters. The number of aromatic nitrogens is 6. The number of ether oxygens (including phenoxy) is 1. The molecule has 1 saturated heterocycles. The minimum absolute atomic E-state index is 0.0730. The van der Waals surface area contributed by atoms with Crippen molar-refractivity contribution in [2.75, 3.05) is 38.3 Å². The van der Waals surface area contributed by atoms with E-state index in [0.717, 1.165) is 16.7 Å². The van der Waals surface area contributed by atoms with Crippen molar-refractivity contribution in [2.24, 2.45) is 5.92 Å². The number of aromatic amines is 1. The van der Waals surface area contributed by atoms with Gasteiger partial charge in [0.1, 0.15) is 11.3 Å². The maximum atomic E-state index is 12.9. The largest absolute Gasteiger partial charge is 0.388 e. The van der Waals surface area contributed by atoms with E-state index in [1.54, 1.807) is 30.1 Å². The molecular formula is C24H32N8O3. The summed E-state index contributed by atoms with van der Waals surface area (Å²) < 4.78 is 8.72.